The number of hydrogen-bond donors (Lipinski definition) is 2. The van der Waals surface area contributed by atoms with Crippen LogP contribution in [0.4, 0.5) is 16.2 Å². The number of ether oxygens (including phenoxy) is 1. The van der Waals surface area contributed by atoms with Gasteiger partial charge in [0.1, 0.15) is 5.75 Å². The number of nitrogens with one attached hydrogen (secondary N) is 2. The predicted molar refractivity (Wildman–Crippen MR) is 106 cm³/mol. The van der Waals surface area contributed by atoms with Gasteiger partial charge >= 0.3 is 6.03 Å². The third kappa shape index (κ3) is 4.86. The van der Waals surface area contributed by atoms with Crippen molar-refractivity contribution in [3.05, 3.63) is 18.2 Å². The second-order valence-electron chi connectivity index (χ2n) is 6.94. The number of nitrogens with zero attached hydrogens (tertiary/aromatic N) is 2. The molecule has 3 amide bonds. The van der Waals surface area contributed by atoms with Crippen LogP contribution < -0.4 is 14.8 Å². The van der Waals surface area contributed by atoms with E-state index in [-0.39, 0.29) is 23.6 Å². The third-order valence-corrected chi connectivity index (χ3v) is 6.19. The number of methoxy groups -OCH3 is 1. The van der Waals surface area contributed by atoms with Gasteiger partial charge in [-0.3, -0.25) is 9.52 Å². The minimum atomic E-state index is -3.43. The summed E-state index contributed by atoms with van der Waals surface area (Å²) < 4.78 is 31.2. The number of sulfonamides is 1. The van der Waals surface area contributed by atoms with Crippen molar-refractivity contribution in [2.45, 2.75) is 19.8 Å². The molecule has 0 spiro atoms. The molecule has 28 heavy (non-hydrogen) atoms. The molecule has 1 aromatic carbocycles. The third-order valence-electron chi connectivity index (χ3n) is 4.90. The van der Waals surface area contributed by atoms with Crippen LogP contribution in [0.15, 0.2) is 18.2 Å². The van der Waals surface area contributed by atoms with Gasteiger partial charge in [-0.1, -0.05) is 0 Å². The largest absolute Gasteiger partial charge is 0.494 e. The molecule has 0 bridgehead atoms. The Hall–Kier alpha value is -2.49. The molecule has 2 N–H and O–H groups in total. The van der Waals surface area contributed by atoms with Gasteiger partial charge in [-0.15, -0.1) is 0 Å². The van der Waals surface area contributed by atoms with Crippen molar-refractivity contribution in [2.24, 2.45) is 5.92 Å². The molecule has 1 aliphatic heterocycles. The standard InChI is InChI=1S/C18H26N4O5S/c1-3-28(25,26)20-15-7-6-14(12-16(15)27-2)19-18(24)22-10-8-21(9-11-22)17(23)13-4-5-13/h6-7,12-13,20H,3-5,8-11H2,1-2H3,(H,19,24). The second-order valence-corrected chi connectivity index (χ2v) is 8.95. The summed E-state index contributed by atoms with van der Waals surface area (Å²) in [5.41, 5.74) is 0.812. The van der Waals surface area contributed by atoms with Crippen molar-refractivity contribution < 1.29 is 22.7 Å². The highest BCUT2D eigenvalue weighted by atomic mass is 32.2. The molecule has 2 aliphatic rings. The van der Waals surface area contributed by atoms with Crippen LogP contribution in [-0.4, -0.2) is 69.2 Å². The zero-order chi connectivity index (χ0) is 20.3. The zero-order valence-electron chi connectivity index (χ0n) is 16.1. The first-order valence-electron chi connectivity index (χ1n) is 9.36. The molecule has 1 aliphatic carbocycles. The van der Waals surface area contributed by atoms with Crippen LogP contribution in [0.2, 0.25) is 0 Å². The molecule has 9 nitrogen and oxygen atoms in total. The molecule has 2 fully saturated rings. The highest BCUT2D eigenvalue weighted by molar-refractivity contribution is 7.92. The quantitative estimate of drug-likeness (QED) is 0.740. The molecule has 0 radical (unpaired) electrons. The Labute approximate surface area is 165 Å². The molecule has 3 rings (SSSR count). The topological polar surface area (TPSA) is 108 Å². The Balaban J connectivity index is 1.58. The molecule has 10 heteroatoms. The number of benzene rings is 1. The molecule has 0 atom stereocenters. The van der Waals surface area contributed by atoms with Crippen molar-refractivity contribution >= 4 is 33.3 Å². The van der Waals surface area contributed by atoms with E-state index in [1.807, 2.05) is 4.90 Å². The maximum Gasteiger partial charge on any atom is 0.321 e. The van der Waals surface area contributed by atoms with Gasteiger partial charge in [0.05, 0.1) is 18.6 Å². The van der Waals surface area contributed by atoms with Crippen molar-refractivity contribution in [3.63, 3.8) is 0 Å². The molecule has 0 aromatic heterocycles. The van der Waals surface area contributed by atoms with Crippen molar-refractivity contribution in [1.82, 2.24) is 9.80 Å². The summed E-state index contributed by atoms with van der Waals surface area (Å²) in [6.07, 6.45) is 1.96. The van der Waals surface area contributed by atoms with Crippen LogP contribution in [-0.2, 0) is 14.8 Å². The smallest absolute Gasteiger partial charge is 0.321 e. The lowest BCUT2D eigenvalue weighted by Gasteiger charge is -2.34. The molecule has 1 saturated carbocycles. The zero-order valence-corrected chi connectivity index (χ0v) is 16.9. The van der Waals surface area contributed by atoms with Gasteiger partial charge in [-0.25, -0.2) is 13.2 Å². The highest BCUT2D eigenvalue weighted by Crippen LogP contribution is 2.31. The average molecular weight is 410 g/mol. The summed E-state index contributed by atoms with van der Waals surface area (Å²) in [6, 6.07) is 4.47. The lowest BCUT2D eigenvalue weighted by atomic mass is 10.2. The van der Waals surface area contributed by atoms with Gasteiger partial charge in [0.2, 0.25) is 15.9 Å². The Bertz CT molecular complexity index is 846. The van der Waals surface area contributed by atoms with Crippen molar-refractivity contribution in [2.75, 3.05) is 49.1 Å². The van der Waals surface area contributed by atoms with Gasteiger partial charge in [0, 0.05) is 43.9 Å². The van der Waals surface area contributed by atoms with E-state index < -0.39 is 10.0 Å². The number of carbonyl (C=O) groups excluding carboxylic acids is 2. The number of anilines is 2. The van der Waals surface area contributed by atoms with Crippen molar-refractivity contribution in [1.29, 1.82) is 0 Å². The van der Waals surface area contributed by atoms with Gasteiger partial charge in [0.25, 0.3) is 0 Å². The summed E-state index contributed by atoms with van der Waals surface area (Å²) in [4.78, 5) is 28.1. The number of piperazine rings is 1. The van der Waals surface area contributed by atoms with E-state index in [0.29, 0.717) is 43.3 Å². The van der Waals surface area contributed by atoms with Crippen LogP contribution >= 0.6 is 0 Å². The van der Waals surface area contributed by atoms with Gasteiger partial charge in [-0.2, -0.15) is 0 Å². The van der Waals surface area contributed by atoms with E-state index in [9.17, 15) is 18.0 Å². The summed E-state index contributed by atoms with van der Waals surface area (Å²) in [6.45, 7) is 3.60. The molecule has 0 unspecified atom stereocenters. The summed E-state index contributed by atoms with van der Waals surface area (Å²) in [5.74, 6) is 0.658. The summed E-state index contributed by atoms with van der Waals surface area (Å²) in [5, 5.41) is 2.80. The van der Waals surface area contributed by atoms with Crippen LogP contribution in [0.1, 0.15) is 19.8 Å². The van der Waals surface area contributed by atoms with Crippen LogP contribution in [0.3, 0.4) is 0 Å². The maximum absolute atomic E-state index is 12.5. The first kappa shape index (κ1) is 20.2. The number of hydrogen-bond acceptors (Lipinski definition) is 5. The predicted octanol–water partition coefficient (Wildman–Crippen LogP) is 1.54. The SMILES string of the molecule is CCS(=O)(=O)Nc1ccc(NC(=O)N2CCN(C(=O)C3CC3)CC2)cc1OC. The van der Waals surface area contributed by atoms with Crippen LogP contribution in [0, 0.1) is 5.92 Å². The van der Waals surface area contributed by atoms with Gasteiger partial charge in [0.15, 0.2) is 0 Å². The fourth-order valence-electron chi connectivity index (χ4n) is 3.01. The average Bonchev–Trinajstić information content (AvgIpc) is 3.53. The van der Waals surface area contributed by atoms with Gasteiger partial charge < -0.3 is 19.9 Å². The normalized spacial score (nSPS) is 17.2. The highest BCUT2D eigenvalue weighted by Gasteiger charge is 2.35. The van der Waals surface area contributed by atoms with Crippen LogP contribution in [0.25, 0.3) is 0 Å². The molecule has 1 saturated heterocycles. The fourth-order valence-corrected chi connectivity index (χ4v) is 3.66. The van der Waals surface area contributed by atoms with Crippen LogP contribution in [0.5, 0.6) is 5.75 Å². The first-order chi connectivity index (χ1) is 13.3. The molecule has 1 heterocycles. The monoisotopic (exact) mass is 410 g/mol. The summed E-state index contributed by atoms with van der Waals surface area (Å²) in [7, 11) is -2.00. The Morgan fingerprint density at radius 2 is 1.79 bits per heavy atom. The number of rotatable bonds is 6. The van der Waals surface area contributed by atoms with E-state index in [1.165, 1.54) is 7.11 Å². The maximum atomic E-state index is 12.5. The first-order valence-corrected chi connectivity index (χ1v) is 11.0. The molecular weight excluding hydrogens is 384 g/mol. The molecular formula is C18H26N4O5S. The minimum absolute atomic E-state index is 0.0517. The lowest BCUT2D eigenvalue weighted by Crippen LogP contribution is -2.52. The second kappa shape index (κ2) is 8.26. The van der Waals surface area contributed by atoms with Crippen molar-refractivity contribution in [3.8, 4) is 5.75 Å². The number of urea groups is 1. The lowest BCUT2D eigenvalue weighted by molar-refractivity contribution is -0.133. The molecule has 1 aromatic rings. The van der Waals surface area contributed by atoms with E-state index in [4.69, 9.17) is 4.74 Å². The number of amides is 3. The van der Waals surface area contributed by atoms with E-state index in [2.05, 4.69) is 10.0 Å². The fraction of sp³-hybridized carbons (Fsp3) is 0.556. The Kier molecular flexibility index (Phi) is 5.97. The Morgan fingerprint density at radius 1 is 1.14 bits per heavy atom. The van der Waals surface area contributed by atoms with E-state index >= 15 is 0 Å². The molecule has 154 valence electrons. The minimum Gasteiger partial charge on any atom is -0.494 e. The van der Waals surface area contributed by atoms with E-state index in [0.717, 1.165) is 12.8 Å². The van der Waals surface area contributed by atoms with Gasteiger partial charge in [-0.05, 0) is 31.9 Å². The summed E-state index contributed by atoms with van der Waals surface area (Å²) >= 11 is 0. The Morgan fingerprint density at radius 3 is 2.36 bits per heavy atom. The van der Waals surface area contributed by atoms with E-state index in [1.54, 1.807) is 30.0 Å². The number of carbonyl (C=O) groups is 2.